The van der Waals surface area contributed by atoms with Gasteiger partial charge in [-0.05, 0) is 37.7 Å². The van der Waals surface area contributed by atoms with E-state index in [0.29, 0.717) is 18.8 Å². The molecule has 3 atom stereocenters. The van der Waals surface area contributed by atoms with E-state index in [4.69, 9.17) is 15.2 Å². The van der Waals surface area contributed by atoms with E-state index in [-0.39, 0.29) is 6.04 Å². The van der Waals surface area contributed by atoms with E-state index in [0.717, 1.165) is 36.7 Å². The van der Waals surface area contributed by atoms with Crippen LogP contribution in [-0.4, -0.2) is 56.4 Å². The predicted molar refractivity (Wildman–Crippen MR) is 82.6 cm³/mol. The molecule has 5 heteroatoms. The van der Waals surface area contributed by atoms with Crippen molar-refractivity contribution in [1.29, 1.82) is 0 Å². The number of likely N-dealkylation sites (N-methyl/N-ethyl adjacent to an activating group) is 1. The van der Waals surface area contributed by atoms with E-state index in [1.165, 1.54) is 0 Å². The van der Waals surface area contributed by atoms with Crippen LogP contribution in [0.15, 0.2) is 18.2 Å². The van der Waals surface area contributed by atoms with Gasteiger partial charge in [0.25, 0.3) is 0 Å². The summed E-state index contributed by atoms with van der Waals surface area (Å²) in [6.45, 7) is 5.71. The monoisotopic (exact) mass is 291 g/mol. The van der Waals surface area contributed by atoms with Gasteiger partial charge in [0.15, 0.2) is 11.5 Å². The average molecular weight is 291 g/mol. The Labute approximate surface area is 126 Å². The van der Waals surface area contributed by atoms with Gasteiger partial charge in [-0.2, -0.15) is 0 Å². The van der Waals surface area contributed by atoms with Crippen molar-refractivity contribution in [2.75, 3.05) is 40.5 Å². The third-order valence-electron chi connectivity index (χ3n) is 4.59. The molecule has 0 aliphatic carbocycles. The molecule has 1 aromatic rings. The Morgan fingerprint density at radius 1 is 1.29 bits per heavy atom. The Morgan fingerprint density at radius 2 is 2.05 bits per heavy atom. The molecule has 2 aliphatic heterocycles. The van der Waals surface area contributed by atoms with Gasteiger partial charge in [-0.15, -0.1) is 0 Å². The zero-order chi connectivity index (χ0) is 15.0. The van der Waals surface area contributed by atoms with Gasteiger partial charge in [-0.25, -0.2) is 0 Å². The topological polar surface area (TPSA) is 51.0 Å². The molecule has 0 amide bonds. The number of nitrogens with zero attached hydrogens (tertiary/aromatic N) is 2. The molecule has 21 heavy (non-hydrogen) atoms. The average Bonchev–Trinajstić information content (AvgIpc) is 3.04. The second-order valence-corrected chi connectivity index (χ2v) is 6.45. The van der Waals surface area contributed by atoms with Crippen molar-refractivity contribution < 1.29 is 9.47 Å². The molecule has 1 aromatic carbocycles. The second kappa shape index (κ2) is 5.83. The molecule has 5 nitrogen and oxygen atoms in total. The highest BCUT2D eigenvalue weighted by molar-refractivity contribution is 5.45. The molecular weight excluding hydrogens is 266 g/mol. The standard InChI is InChI=1S/C16H25N3O2/c1-11-7-19(9-14(11)18(2)3)8-13(17)12-4-5-15-16(6-12)21-10-20-15/h4-6,11,13-14H,7-10,17H2,1-3H3. The summed E-state index contributed by atoms with van der Waals surface area (Å²) in [5.74, 6) is 2.31. The number of hydrogen-bond acceptors (Lipinski definition) is 5. The molecule has 0 radical (unpaired) electrons. The Kier molecular flexibility index (Phi) is 4.06. The number of rotatable bonds is 4. The number of fused-ring (bicyclic) bond motifs is 1. The summed E-state index contributed by atoms with van der Waals surface area (Å²) in [4.78, 5) is 4.78. The summed E-state index contributed by atoms with van der Waals surface area (Å²) < 4.78 is 10.8. The first kappa shape index (κ1) is 14.6. The predicted octanol–water partition coefficient (Wildman–Crippen LogP) is 1.30. The van der Waals surface area contributed by atoms with Crippen molar-refractivity contribution in [3.05, 3.63) is 23.8 Å². The van der Waals surface area contributed by atoms with Gasteiger partial charge in [0.1, 0.15) is 0 Å². The molecule has 2 aliphatic rings. The number of benzene rings is 1. The van der Waals surface area contributed by atoms with Crippen LogP contribution in [0.25, 0.3) is 0 Å². The van der Waals surface area contributed by atoms with E-state index in [9.17, 15) is 0 Å². The van der Waals surface area contributed by atoms with Gasteiger partial charge in [0.05, 0.1) is 0 Å². The third-order valence-corrected chi connectivity index (χ3v) is 4.59. The molecule has 3 unspecified atom stereocenters. The van der Waals surface area contributed by atoms with E-state index in [2.05, 4.69) is 30.8 Å². The summed E-state index contributed by atoms with van der Waals surface area (Å²) in [6.07, 6.45) is 0. The van der Waals surface area contributed by atoms with Crippen molar-refractivity contribution in [2.24, 2.45) is 11.7 Å². The molecule has 0 spiro atoms. The van der Waals surface area contributed by atoms with Gasteiger partial charge in [0.2, 0.25) is 6.79 Å². The van der Waals surface area contributed by atoms with E-state index in [1.807, 2.05) is 18.2 Å². The first-order valence-corrected chi connectivity index (χ1v) is 7.58. The summed E-state index contributed by atoms with van der Waals surface area (Å²) >= 11 is 0. The quantitative estimate of drug-likeness (QED) is 0.906. The third kappa shape index (κ3) is 3.00. The fourth-order valence-electron chi connectivity index (χ4n) is 3.40. The highest BCUT2D eigenvalue weighted by atomic mass is 16.7. The fraction of sp³-hybridized carbons (Fsp3) is 0.625. The maximum atomic E-state index is 6.38. The molecule has 2 heterocycles. The molecule has 0 saturated carbocycles. The molecule has 1 saturated heterocycles. The second-order valence-electron chi connectivity index (χ2n) is 6.45. The maximum Gasteiger partial charge on any atom is 0.231 e. The van der Waals surface area contributed by atoms with E-state index >= 15 is 0 Å². The highest BCUT2D eigenvalue weighted by Crippen LogP contribution is 2.34. The molecule has 0 bridgehead atoms. The summed E-state index contributed by atoms with van der Waals surface area (Å²) in [7, 11) is 4.31. The summed E-state index contributed by atoms with van der Waals surface area (Å²) in [6, 6.07) is 6.63. The Hall–Kier alpha value is -1.30. The van der Waals surface area contributed by atoms with Gasteiger partial charge < -0.3 is 20.1 Å². The number of ether oxygens (including phenoxy) is 2. The SMILES string of the molecule is CC1CN(CC(N)c2ccc3c(c2)OCO3)CC1N(C)C. The largest absolute Gasteiger partial charge is 0.454 e. The van der Waals surface area contributed by atoms with Gasteiger partial charge >= 0.3 is 0 Å². The Bertz CT molecular complexity index is 506. The molecule has 2 N–H and O–H groups in total. The van der Waals surface area contributed by atoms with E-state index < -0.39 is 0 Å². The fourth-order valence-corrected chi connectivity index (χ4v) is 3.40. The minimum absolute atomic E-state index is 0.00705. The zero-order valence-electron chi connectivity index (χ0n) is 13.1. The van der Waals surface area contributed by atoms with E-state index in [1.54, 1.807) is 0 Å². The molecular formula is C16H25N3O2. The van der Waals surface area contributed by atoms with Crippen molar-refractivity contribution in [3.8, 4) is 11.5 Å². The molecule has 116 valence electrons. The first-order chi connectivity index (χ1) is 10.0. The first-order valence-electron chi connectivity index (χ1n) is 7.58. The lowest BCUT2D eigenvalue weighted by Crippen LogP contribution is -2.36. The van der Waals surface area contributed by atoms with Crippen molar-refractivity contribution in [2.45, 2.75) is 19.0 Å². The smallest absolute Gasteiger partial charge is 0.231 e. The van der Waals surface area contributed by atoms with Crippen LogP contribution in [0.4, 0.5) is 0 Å². The van der Waals surface area contributed by atoms with Crippen molar-refractivity contribution in [3.63, 3.8) is 0 Å². The zero-order valence-corrected chi connectivity index (χ0v) is 13.1. The minimum atomic E-state index is 0.00705. The lowest BCUT2D eigenvalue weighted by atomic mass is 10.1. The van der Waals surface area contributed by atoms with Crippen LogP contribution in [0.2, 0.25) is 0 Å². The van der Waals surface area contributed by atoms with Crippen LogP contribution >= 0.6 is 0 Å². The molecule has 1 fully saturated rings. The normalized spacial score (nSPS) is 26.5. The number of nitrogens with two attached hydrogens (primary N) is 1. The van der Waals surface area contributed by atoms with Crippen LogP contribution in [0.5, 0.6) is 11.5 Å². The van der Waals surface area contributed by atoms with Crippen LogP contribution in [-0.2, 0) is 0 Å². The Morgan fingerprint density at radius 3 is 2.76 bits per heavy atom. The minimum Gasteiger partial charge on any atom is -0.454 e. The van der Waals surface area contributed by atoms with Crippen LogP contribution in [0.1, 0.15) is 18.5 Å². The van der Waals surface area contributed by atoms with Crippen molar-refractivity contribution >= 4 is 0 Å². The summed E-state index contributed by atoms with van der Waals surface area (Å²) in [5.41, 5.74) is 7.50. The van der Waals surface area contributed by atoms with Crippen LogP contribution in [0.3, 0.4) is 0 Å². The maximum absolute atomic E-state index is 6.38. The van der Waals surface area contributed by atoms with Crippen LogP contribution < -0.4 is 15.2 Å². The van der Waals surface area contributed by atoms with Crippen molar-refractivity contribution in [1.82, 2.24) is 9.80 Å². The van der Waals surface area contributed by atoms with Gasteiger partial charge in [-0.3, -0.25) is 4.90 Å². The van der Waals surface area contributed by atoms with Gasteiger partial charge in [0, 0.05) is 31.7 Å². The number of hydrogen-bond donors (Lipinski definition) is 1. The lowest BCUT2D eigenvalue weighted by Gasteiger charge is -2.23. The molecule has 0 aromatic heterocycles. The van der Waals surface area contributed by atoms with Crippen LogP contribution in [0, 0.1) is 5.92 Å². The lowest BCUT2D eigenvalue weighted by molar-refractivity contribution is 0.174. The Balaban J connectivity index is 1.63. The summed E-state index contributed by atoms with van der Waals surface area (Å²) in [5, 5.41) is 0. The van der Waals surface area contributed by atoms with Gasteiger partial charge in [-0.1, -0.05) is 13.0 Å². The highest BCUT2D eigenvalue weighted by Gasteiger charge is 2.31. The number of likely N-dealkylation sites (tertiary alicyclic amines) is 1. The molecule has 3 rings (SSSR count).